The Kier molecular flexibility index (Phi) is 2.63. The summed E-state index contributed by atoms with van der Waals surface area (Å²) < 4.78 is 0. The molecule has 26 heavy (non-hydrogen) atoms. The number of amides is 1. The van der Waals surface area contributed by atoms with Gasteiger partial charge < -0.3 is 5.11 Å². The second-order valence-corrected chi connectivity index (χ2v) is 7.51. The van der Waals surface area contributed by atoms with Crippen molar-refractivity contribution >= 4 is 16.7 Å². The molecular weight excluding hydrogens is 324 g/mol. The summed E-state index contributed by atoms with van der Waals surface area (Å²) in [6.07, 6.45) is 0.954. The minimum Gasteiger partial charge on any atom is -0.365 e. The summed E-state index contributed by atoms with van der Waals surface area (Å²) in [5.41, 5.74) is 2.48. The van der Waals surface area contributed by atoms with Crippen LogP contribution in [0.25, 0.3) is 10.8 Å². The summed E-state index contributed by atoms with van der Waals surface area (Å²) in [7, 11) is 0. The maximum absolute atomic E-state index is 13.1. The number of carbonyl (C=O) groups excluding carboxylic acids is 1. The van der Waals surface area contributed by atoms with Gasteiger partial charge in [0.2, 0.25) is 0 Å². The Labute approximate surface area is 151 Å². The zero-order chi connectivity index (χ0) is 17.5. The topological polar surface area (TPSA) is 43.8 Å². The second kappa shape index (κ2) is 4.72. The maximum Gasteiger partial charge on any atom is 0.257 e. The molecule has 3 aliphatic rings. The van der Waals surface area contributed by atoms with Crippen LogP contribution in [-0.2, 0) is 12.1 Å². The molecule has 128 valence electrons. The molecule has 0 unspecified atom stereocenters. The van der Waals surface area contributed by atoms with E-state index in [0.717, 1.165) is 34.9 Å². The number of rotatable bonds is 0. The highest BCUT2D eigenvalue weighted by molar-refractivity contribution is 6.04. The molecule has 3 aromatic rings. The van der Waals surface area contributed by atoms with Crippen molar-refractivity contribution in [2.24, 2.45) is 0 Å². The van der Waals surface area contributed by atoms with Crippen LogP contribution in [0.15, 0.2) is 60.7 Å². The Morgan fingerprint density at radius 1 is 1.00 bits per heavy atom. The first-order chi connectivity index (χ1) is 12.7. The summed E-state index contributed by atoms with van der Waals surface area (Å²) in [6, 6.07) is 20.0. The van der Waals surface area contributed by atoms with Crippen molar-refractivity contribution in [3.05, 3.63) is 82.9 Å². The number of fused-ring (bicyclic) bond motifs is 8. The first kappa shape index (κ1) is 14.5. The zero-order valence-corrected chi connectivity index (χ0v) is 14.2. The van der Waals surface area contributed by atoms with Gasteiger partial charge in [-0.15, -0.1) is 0 Å². The van der Waals surface area contributed by atoms with Gasteiger partial charge in [-0.05, 0) is 40.5 Å². The van der Waals surface area contributed by atoms with Gasteiger partial charge in [-0.2, -0.15) is 0 Å². The van der Waals surface area contributed by atoms with Crippen LogP contribution in [0, 0.1) is 0 Å². The maximum atomic E-state index is 13.1. The minimum atomic E-state index is -1.30. The number of hydrogen-bond donors (Lipinski definition) is 1. The molecule has 1 N–H and O–H groups in total. The van der Waals surface area contributed by atoms with E-state index in [0.29, 0.717) is 12.2 Å². The van der Waals surface area contributed by atoms with Gasteiger partial charge in [-0.25, -0.2) is 0 Å². The van der Waals surface area contributed by atoms with Crippen molar-refractivity contribution in [3.63, 3.8) is 0 Å². The van der Waals surface area contributed by atoms with Gasteiger partial charge in [0.25, 0.3) is 5.91 Å². The lowest BCUT2D eigenvalue weighted by atomic mass is 9.84. The van der Waals surface area contributed by atoms with Crippen LogP contribution in [0.5, 0.6) is 0 Å². The smallest absolute Gasteiger partial charge is 0.257 e. The predicted molar refractivity (Wildman–Crippen MR) is 98.5 cm³/mol. The molecule has 0 bridgehead atoms. The number of nitrogens with zero attached hydrogens (tertiary/aromatic N) is 2. The monoisotopic (exact) mass is 342 g/mol. The number of aliphatic hydroxyl groups is 1. The number of benzene rings is 3. The van der Waals surface area contributed by atoms with E-state index >= 15 is 0 Å². The van der Waals surface area contributed by atoms with Crippen molar-refractivity contribution in [2.75, 3.05) is 13.2 Å². The molecule has 3 aliphatic heterocycles. The Bertz CT molecular complexity index is 1090. The first-order valence-electron chi connectivity index (χ1n) is 9.07. The van der Waals surface area contributed by atoms with Crippen LogP contribution in [0.2, 0.25) is 0 Å². The fourth-order valence-corrected chi connectivity index (χ4v) is 5.06. The van der Waals surface area contributed by atoms with Crippen molar-refractivity contribution in [1.82, 2.24) is 9.80 Å². The molecule has 3 aromatic carbocycles. The largest absolute Gasteiger partial charge is 0.365 e. The average molecular weight is 342 g/mol. The van der Waals surface area contributed by atoms with E-state index < -0.39 is 5.72 Å². The zero-order valence-electron chi connectivity index (χ0n) is 14.2. The van der Waals surface area contributed by atoms with Crippen molar-refractivity contribution in [3.8, 4) is 0 Å². The number of carbonyl (C=O) groups is 1. The van der Waals surface area contributed by atoms with Crippen LogP contribution in [-0.4, -0.2) is 34.0 Å². The van der Waals surface area contributed by atoms with E-state index in [2.05, 4.69) is 17.0 Å². The highest BCUT2D eigenvalue weighted by atomic mass is 16.3. The van der Waals surface area contributed by atoms with Crippen molar-refractivity contribution in [2.45, 2.75) is 18.2 Å². The molecule has 2 atom stereocenters. The first-order valence-corrected chi connectivity index (χ1v) is 9.07. The van der Waals surface area contributed by atoms with Crippen LogP contribution in [0.3, 0.4) is 0 Å². The molecule has 1 saturated heterocycles. The fraction of sp³-hybridized carbons (Fsp3) is 0.227. The lowest BCUT2D eigenvalue weighted by Gasteiger charge is -2.37. The summed E-state index contributed by atoms with van der Waals surface area (Å²) >= 11 is 0. The lowest BCUT2D eigenvalue weighted by Crippen LogP contribution is -2.43. The molecule has 0 radical (unpaired) electrons. The van der Waals surface area contributed by atoms with E-state index in [9.17, 15) is 9.90 Å². The van der Waals surface area contributed by atoms with Gasteiger partial charge in [0.1, 0.15) is 0 Å². The average Bonchev–Trinajstić information content (AvgIpc) is 3.09. The molecule has 0 aromatic heterocycles. The molecule has 1 amide bonds. The molecule has 4 heteroatoms. The Morgan fingerprint density at radius 2 is 1.73 bits per heavy atom. The highest BCUT2D eigenvalue weighted by Gasteiger charge is 2.61. The standard InChI is InChI=1S/C22H18N2O2/c25-21-18-11-15-6-1-2-7-16(15)12-19(18)22(26)20-17-8-4-3-5-14(17)9-10-23(20)13-24(21)22/h1-8,11-12,20,26H,9-10,13H2/t20-,22-/m0/s1. The van der Waals surface area contributed by atoms with Gasteiger partial charge in [0.05, 0.1) is 12.7 Å². The van der Waals surface area contributed by atoms with E-state index in [1.807, 2.05) is 48.5 Å². The lowest BCUT2D eigenvalue weighted by molar-refractivity contribution is -0.0777. The minimum absolute atomic E-state index is 0.0693. The molecule has 0 saturated carbocycles. The Morgan fingerprint density at radius 3 is 2.58 bits per heavy atom. The van der Waals surface area contributed by atoms with Crippen LogP contribution < -0.4 is 0 Å². The van der Waals surface area contributed by atoms with E-state index in [-0.39, 0.29) is 11.9 Å². The van der Waals surface area contributed by atoms with Gasteiger partial charge in [-0.3, -0.25) is 14.6 Å². The molecule has 0 spiro atoms. The second-order valence-electron chi connectivity index (χ2n) is 7.51. The fourth-order valence-electron chi connectivity index (χ4n) is 5.06. The molecule has 3 heterocycles. The quantitative estimate of drug-likeness (QED) is 0.683. The van der Waals surface area contributed by atoms with Gasteiger partial charge in [-0.1, -0.05) is 48.5 Å². The molecule has 1 fully saturated rings. The highest BCUT2D eigenvalue weighted by Crippen LogP contribution is 2.54. The summed E-state index contributed by atoms with van der Waals surface area (Å²) in [5.74, 6) is -0.0693. The SMILES string of the molecule is O=C1c2cc3ccccc3cc2[C@]2(O)[C@@H]3c4ccccc4CCN3CN12. The Balaban J connectivity index is 1.63. The van der Waals surface area contributed by atoms with E-state index in [1.54, 1.807) is 4.90 Å². The van der Waals surface area contributed by atoms with Crippen molar-refractivity contribution in [1.29, 1.82) is 0 Å². The third-order valence-corrected chi connectivity index (χ3v) is 6.26. The van der Waals surface area contributed by atoms with E-state index in [4.69, 9.17) is 0 Å². The predicted octanol–water partition coefficient (Wildman–Crippen LogP) is 3.01. The molecule has 6 rings (SSSR count). The summed E-state index contributed by atoms with van der Waals surface area (Å²) in [5, 5.41) is 14.0. The van der Waals surface area contributed by atoms with Crippen molar-refractivity contribution < 1.29 is 9.90 Å². The third kappa shape index (κ3) is 1.59. The molecular formula is C22H18N2O2. The van der Waals surface area contributed by atoms with E-state index in [1.165, 1.54) is 5.56 Å². The molecule has 4 nitrogen and oxygen atoms in total. The normalized spacial score (nSPS) is 26.6. The molecule has 0 aliphatic carbocycles. The van der Waals surface area contributed by atoms with Crippen LogP contribution in [0.1, 0.15) is 33.1 Å². The third-order valence-electron chi connectivity index (χ3n) is 6.26. The number of hydrogen-bond acceptors (Lipinski definition) is 3. The summed E-state index contributed by atoms with van der Waals surface area (Å²) in [4.78, 5) is 17.0. The van der Waals surface area contributed by atoms with Gasteiger partial charge >= 0.3 is 0 Å². The van der Waals surface area contributed by atoms with Crippen LogP contribution in [0.4, 0.5) is 0 Å². The van der Waals surface area contributed by atoms with Gasteiger partial charge in [0, 0.05) is 17.7 Å². The van der Waals surface area contributed by atoms with Gasteiger partial charge in [0.15, 0.2) is 5.72 Å². The Hall–Kier alpha value is -2.69. The van der Waals surface area contributed by atoms with Crippen LogP contribution >= 0.6 is 0 Å². The summed E-state index contributed by atoms with van der Waals surface area (Å²) in [6.45, 7) is 1.33.